The minimum atomic E-state index is 0.0893. The summed E-state index contributed by atoms with van der Waals surface area (Å²) in [4.78, 5) is 12.2. The van der Waals surface area contributed by atoms with Crippen LogP contribution in [0.25, 0.3) is 0 Å². The van der Waals surface area contributed by atoms with Crippen molar-refractivity contribution in [2.75, 3.05) is 0 Å². The molecule has 0 aliphatic heterocycles. The Bertz CT molecular complexity index is 574. The van der Waals surface area contributed by atoms with Crippen LogP contribution in [0.4, 0.5) is 0 Å². The van der Waals surface area contributed by atoms with E-state index in [2.05, 4.69) is 0 Å². The molecule has 0 unspecified atom stereocenters. The van der Waals surface area contributed by atoms with Crippen molar-refractivity contribution < 1.29 is 4.79 Å². The highest BCUT2D eigenvalue weighted by molar-refractivity contribution is 6.31. The van der Waals surface area contributed by atoms with E-state index in [0.717, 1.165) is 11.1 Å². The van der Waals surface area contributed by atoms with Crippen molar-refractivity contribution >= 4 is 29.0 Å². The van der Waals surface area contributed by atoms with Gasteiger partial charge in [-0.2, -0.15) is 0 Å². The molecule has 0 atom stereocenters. The number of benzene rings is 2. The van der Waals surface area contributed by atoms with Gasteiger partial charge in [0.15, 0.2) is 5.78 Å². The number of halogens is 2. The van der Waals surface area contributed by atoms with Gasteiger partial charge in [-0.15, -0.1) is 0 Å². The van der Waals surface area contributed by atoms with Crippen molar-refractivity contribution in [1.29, 1.82) is 0 Å². The van der Waals surface area contributed by atoms with E-state index in [4.69, 9.17) is 23.2 Å². The molecule has 0 N–H and O–H groups in total. The highest BCUT2D eigenvalue weighted by Gasteiger charge is 2.10. The highest BCUT2D eigenvalue weighted by atomic mass is 35.5. The predicted molar refractivity (Wildman–Crippen MR) is 75.7 cm³/mol. The first kappa shape index (κ1) is 13.1. The van der Waals surface area contributed by atoms with Crippen molar-refractivity contribution in [3.63, 3.8) is 0 Å². The summed E-state index contributed by atoms with van der Waals surface area (Å²) >= 11 is 11.7. The molecule has 0 aliphatic rings. The van der Waals surface area contributed by atoms with Gasteiger partial charge >= 0.3 is 0 Å². The first-order valence-corrected chi connectivity index (χ1v) is 6.35. The van der Waals surface area contributed by atoms with Crippen LogP contribution in [0.1, 0.15) is 21.5 Å². The number of carbonyl (C=O) groups excluding carboxylic acids is 1. The molecule has 2 rings (SSSR count). The summed E-state index contributed by atoms with van der Waals surface area (Å²) in [6.45, 7) is 1.89. The summed E-state index contributed by atoms with van der Waals surface area (Å²) in [6.07, 6.45) is 0.375. The molecule has 2 aromatic carbocycles. The fourth-order valence-corrected chi connectivity index (χ4v) is 2.18. The molecular formula is C15H12Cl2O. The summed E-state index contributed by atoms with van der Waals surface area (Å²) in [7, 11) is 0. The van der Waals surface area contributed by atoms with Crippen LogP contribution < -0.4 is 0 Å². The molecule has 0 fully saturated rings. The Morgan fingerprint density at radius 1 is 1.00 bits per heavy atom. The Morgan fingerprint density at radius 2 is 1.61 bits per heavy atom. The van der Waals surface area contributed by atoms with Gasteiger partial charge in [-0.05, 0) is 48.4 Å². The van der Waals surface area contributed by atoms with Gasteiger partial charge in [0.05, 0.1) is 0 Å². The summed E-state index contributed by atoms with van der Waals surface area (Å²) in [5.41, 5.74) is 2.58. The lowest BCUT2D eigenvalue weighted by atomic mass is 9.99. The Hall–Kier alpha value is -1.31. The first-order valence-electron chi connectivity index (χ1n) is 5.60. The largest absolute Gasteiger partial charge is 0.294 e. The molecule has 3 heteroatoms. The maximum Gasteiger partial charge on any atom is 0.167 e. The van der Waals surface area contributed by atoms with Gasteiger partial charge in [0.1, 0.15) is 0 Å². The maximum atomic E-state index is 12.2. The molecule has 0 bridgehead atoms. The molecule has 0 heterocycles. The average molecular weight is 279 g/mol. The van der Waals surface area contributed by atoms with E-state index < -0.39 is 0 Å². The Labute approximate surface area is 116 Å². The van der Waals surface area contributed by atoms with Crippen LogP contribution in [0.5, 0.6) is 0 Å². The zero-order valence-corrected chi connectivity index (χ0v) is 11.4. The Morgan fingerprint density at radius 3 is 2.22 bits per heavy atom. The lowest BCUT2D eigenvalue weighted by Gasteiger charge is -2.05. The van der Waals surface area contributed by atoms with E-state index in [-0.39, 0.29) is 5.78 Å². The van der Waals surface area contributed by atoms with Gasteiger partial charge in [0.2, 0.25) is 0 Å². The van der Waals surface area contributed by atoms with Crippen molar-refractivity contribution in [2.45, 2.75) is 13.3 Å². The van der Waals surface area contributed by atoms with Gasteiger partial charge in [0.25, 0.3) is 0 Å². The van der Waals surface area contributed by atoms with Crippen LogP contribution in [0.2, 0.25) is 10.0 Å². The monoisotopic (exact) mass is 278 g/mol. The van der Waals surface area contributed by atoms with Crippen LogP contribution in [0.3, 0.4) is 0 Å². The van der Waals surface area contributed by atoms with Gasteiger partial charge in [-0.25, -0.2) is 0 Å². The molecule has 0 saturated heterocycles. The SMILES string of the molecule is Cc1cc(Cl)ccc1C(=O)Cc1ccc(Cl)cc1. The third-order valence-corrected chi connectivity index (χ3v) is 3.25. The van der Waals surface area contributed by atoms with Crippen molar-refractivity contribution in [3.8, 4) is 0 Å². The maximum absolute atomic E-state index is 12.2. The number of rotatable bonds is 3. The van der Waals surface area contributed by atoms with E-state index >= 15 is 0 Å². The second-order valence-electron chi connectivity index (χ2n) is 4.19. The smallest absolute Gasteiger partial charge is 0.167 e. The number of hydrogen-bond acceptors (Lipinski definition) is 1. The topological polar surface area (TPSA) is 17.1 Å². The van der Waals surface area contributed by atoms with E-state index in [1.165, 1.54) is 0 Å². The molecule has 92 valence electrons. The third kappa shape index (κ3) is 3.12. The zero-order chi connectivity index (χ0) is 13.1. The fraction of sp³-hybridized carbons (Fsp3) is 0.133. The number of ketones is 1. The van der Waals surface area contributed by atoms with Crippen LogP contribution in [0.15, 0.2) is 42.5 Å². The van der Waals surface area contributed by atoms with E-state index in [1.807, 2.05) is 19.1 Å². The highest BCUT2D eigenvalue weighted by Crippen LogP contribution is 2.18. The molecule has 0 spiro atoms. The Balaban J connectivity index is 2.19. The first-order chi connectivity index (χ1) is 8.56. The predicted octanol–water partition coefficient (Wildman–Crippen LogP) is 4.73. The molecule has 0 aromatic heterocycles. The molecule has 0 saturated carbocycles. The lowest BCUT2D eigenvalue weighted by Crippen LogP contribution is -2.05. The van der Waals surface area contributed by atoms with E-state index in [1.54, 1.807) is 30.3 Å². The molecule has 0 aliphatic carbocycles. The molecule has 1 nitrogen and oxygen atoms in total. The standard InChI is InChI=1S/C15H12Cl2O/c1-10-8-13(17)6-7-14(10)15(18)9-11-2-4-12(16)5-3-11/h2-8H,9H2,1H3. The number of Topliss-reactive ketones (excluding diaryl/α,β-unsaturated/α-hetero) is 1. The average Bonchev–Trinajstić information content (AvgIpc) is 2.32. The lowest BCUT2D eigenvalue weighted by molar-refractivity contribution is 0.0992. The fourth-order valence-electron chi connectivity index (χ4n) is 1.82. The minimum Gasteiger partial charge on any atom is -0.294 e. The van der Waals surface area contributed by atoms with Crippen LogP contribution >= 0.6 is 23.2 Å². The number of carbonyl (C=O) groups is 1. The van der Waals surface area contributed by atoms with Crippen molar-refractivity contribution in [1.82, 2.24) is 0 Å². The second kappa shape index (κ2) is 5.55. The summed E-state index contributed by atoms with van der Waals surface area (Å²) in [5.74, 6) is 0.0893. The van der Waals surface area contributed by atoms with Gasteiger partial charge < -0.3 is 0 Å². The minimum absolute atomic E-state index is 0.0893. The molecule has 18 heavy (non-hydrogen) atoms. The third-order valence-electron chi connectivity index (χ3n) is 2.77. The van der Waals surface area contributed by atoms with Gasteiger partial charge in [-0.3, -0.25) is 4.79 Å². The van der Waals surface area contributed by atoms with E-state index in [0.29, 0.717) is 22.0 Å². The molecule has 2 aromatic rings. The van der Waals surface area contributed by atoms with Crippen LogP contribution in [0, 0.1) is 6.92 Å². The Kier molecular flexibility index (Phi) is 4.05. The normalized spacial score (nSPS) is 10.4. The summed E-state index contributed by atoms with van der Waals surface area (Å²) in [5, 5.41) is 1.32. The molecule has 0 radical (unpaired) electrons. The summed E-state index contributed by atoms with van der Waals surface area (Å²) in [6, 6.07) is 12.6. The van der Waals surface area contributed by atoms with E-state index in [9.17, 15) is 4.79 Å². The van der Waals surface area contributed by atoms with Gasteiger partial charge in [-0.1, -0.05) is 35.3 Å². The summed E-state index contributed by atoms with van der Waals surface area (Å²) < 4.78 is 0. The van der Waals surface area contributed by atoms with Crippen LogP contribution in [-0.4, -0.2) is 5.78 Å². The van der Waals surface area contributed by atoms with Crippen molar-refractivity contribution in [2.24, 2.45) is 0 Å². The number of hydrogen-bond donors (Lipinski definition) is 0. The number of aryl methyl sites for hydroxylation is 1. The zero-order valence-electron chi connectivity index (χ0n) is 9.91. The van der Waals surface area contributed by atoms with Crippen molar-refractivity contribution in [3.05, 3.63) is 69.2 Å². The quantitative estimate of drug-likeness (QED) is 0.742. The second-order valence-corrected chi connectivity index (χ2v) is 5.06. The molecule has 0 amide bonds. The van der Waals surface area contributed by atoms with Crippen LogP contribution in [-0.2, 0) is 6.42 Å². The molecular weight excluding hydrogens is 267 g/mol. The van der Waals surface area contributed by atoms with Gasteiger partial charge in [0, 0.05) is 22.0 Å².